The first-order valence-electron chi connectivity index (χ1n) is 7.27. The predicted octanol–water partition coefficient (Wildman–Crippen LogP) is -1.67. The average Bonchev–Trinajstić information content (AvgIpc) is 2.52. The fourth-order valence-corrected chi connectivity index (χ4v) is 5.52. The van der Waals surface area contributed by atoms with Crippen LogP contribution < -0.4 is 5.32 Å². The van der Waals surface area contributed by atoms with Crippen molar-refractivity contribution in [2.75, 3.05) is 42.3 Å². The molecule has 0 amide bonds. The second-order valence-corrected chi connectivity index (χ2v) is 6.77. The maximum Gasteiger partial charge on any atom is 0.0931 e. The van der Waals surface area contributed by atoms with Crippen LogP contribution in [0.3, 0.4) is 0 Å². The van der Waals surface area contributed by atoms with Gasteiger partial charge >= 0.3 is 0 Å². The third kappa shape index (κ3) is 1.16. The molecule has 6 heterocycles. The molecule has 1 N–H and O–H groups in total. The first-order valence-corrected chi connectivity index (χ1v) is 7.27. The normalized spacial score (nSPS) is 55.6. The van der Waals surface area contributed by atoms with E-state index in [9.17, 15) is 0 Å². The summed E-state index contributed by atoms with van der Waals surface area (Å²) in [5, 5.41) is 3.53. The summed E-state index contributed by atoms with van der Waals surface area (Å²) in [5.41, 5.74) is 0. The van der Waals surface area contributed by atoms with Gasteiger partial charge in [-0.3, -0.25) is 24.5 Å². The van der Waals surface area contributed by atoms with E-state index in [1.54, 1.807) is 0 Å². The molecule has 0 aromatic rings. The Hall–Kier alpha value is -0.240. The summed E-state index contributed by atoms with van der Waals surface area (Å²) in [7, 11) is 13.5. The molecule has 6 bridgehead atoms. The minimum absolute atomic E-state index is 0.405. The Morgan fingerprint density at radius 3 is 1.68 bits per heavy atom. The number of piperidine rings is 1. The van der Waals surface area contributed by atoms with Gasteiger partial charge in [-0.2, -0.15) is 0 Å². The van der Waals surface area contributed by atoms with Gasteiger partial charge in [-0.15, -0.1) is 0 Å². The minimum atomic E-state index is 0.405. The van der Waals surface area contributed by atoms with E-state index < -0.39 is 0 Å². The molecule has 6 aliphatic heterocycles. The molecule has 6 heteroatoms. The maximum atomic E-state index is 3.53. The number of nitrogens with zero attached hydrogens (tertiary/aromatic N) is 5. The predicted molar refractivity (Wildman–Crippen MR) is 74.4 cm³/mol. The van der Waals surface area contributed by atoms with Crippen molar-refractivity contribution in [1.82, 2.24) is 29.8 Å². The highest BCUT2D eigenvalue weighted by molar-refractivity contribution is 5.23. The summed E-state index contributed by atoms with van der Waals surface area (Å²) in [6.07, 6.45) is 1.97. The van der Waals surface area contributed by atoms with Crippen molar-refractivity contribution in [2.24, 2.45) is 0 Å². The van der Waals surface area contributed by atoms with Crippen molar-refractivity contribution in [3.63, 3.8) is 0 Å². The highest BCUT2D eigenvalue weighted by Gasteiger charge is 2.70. The Balaban J connectivity index is 1.87. The molecular formula is C13H26N6. The summed E-state index contributed by atoms with van der Waals surface area (Å²) in [6, 6.07) is 1.90. The topological polar surface area (TPSA) is 28.2 Å². The van der Waals surface area contributed by atoms with Crippen molar-refractivity contribution < 1.29 is 0 Å². The van der Waals surface area contributed by atoms with Crippen molar-refractivity contribution in [1.29, 1.82) is 0 Å². The zero-order valence-corrected chi connectivity index (χ0v) is 12.8. The molecule has 6 saturated heterocycles. The Morgan fingerprint density at radius 1 is 0.579 bits per heavy atom. The number of hydrogen-bond acceptors (Lipinski definition) is 6. The molecule has 6 aliphatic rings. The average molecular weight is 266 g/mol. The summed E-state index contributed by atoms with van der Waals surface area (Å²) >= 11 is 0. The van der Waals surface area contributed by atoms with Gasteiger partial charge in [0.15, 0.2) is 0 Å². The fraction of sp³-hybridized carbons (Fsp3) is 1.00. The number of fused-ring (bicyclic) bond motifs is 1. The first kappa shape index (κ1) is 12.5. The SMILES string of the molecule is CNC1C2N(C)C3C(C4[C@H](C(N4C)N3C)N2C)N1C. The third-order valence-corrected chi connectivity index (χ3v) is 6.24. The lowest BCUT2D eigenvalue weighted by molar-refractivity contribution is -0.221. The van der Waals surface area contributed by atoms with Gasteiger partial charge in [0, 0.05) is 6.04 Å². The van der Waals surface area contributed by atoms with Crippen LogP contribution in [0.25, 0.3) is 0 Å². The number of likely N-dealkylation sites (tertiary alicyclic amines) is 1. The molecule has 6 nitrogen and oxygen atoms in total. The van der Waals surface area contributed by atoms with E-state index in [0.29, 0.717) is 42.8 Å². The lowest BCUT2D eigenvalue weighted by Crippen LogP contribution is -2.87. The van der Waals surface area contributed by atoms with Crippen LogP contribution in [0.2, 0.25) is 0 Å². The second-order valence-electron chi connectivity index (χ2n) is 6.77. The summed E-state index contributed by atoms with van der Waals surface area (Å²) < 4.78 is 0. The number of hydrogen-bond donors (Lipinski definition) is 1. The number of likely N-dealkylation sites (N-methyl/N-ethyl adjacent to an activating group) is 6. The molecule has 0 aliphatic carbocycles. The molecule has 6 fully saturated rings. The highest BCUT2D eigenvalue weighted by Crippen LogP contribution is 2.49. The van der Waals surface area contributed by atoms with Gasteiger partial charge in [-0.25, -0.2) is 0 Å². The lowest BCUT2D eigenvalue weighted by atomic mass is 9.78. The van der Waals surface area contributed by atoms with E-state index in [2.05, 4.69) is 72.1 Å². The van der Waals surface area contributed by atoms with Gasteiger partial charge in [0.1, 0.15) is 0 Å². The quantitative estimate of drug-likeness (QED) is 0.610. The van der Waals surface area contributed by atoms with Gasteiger partial charge in [-0.05, 0) is 42.3 Å². The largest absolute Gasteiger partial charge is 0.302 e. The molecule has 6 rings (SSSR count). The minimum Gasteiger partial charge on any atom is -0.302 e. The number of piperazine rings is 1. The number of rotatable bonds is 1. The summed E-state index contributed by atoms with van der Waals surface area (Å²) in [4.78, 5) is 12.9. The van der Waals surface area contributed by atoms with Crippen LogP contribution in [0.5, 0.6) is 0 Å². The zero-order valence-electron chi connectivity index (χ0n) is 12.8. The van der Waals surface area contributed by atoms with Crippen LogP contribution >= 0.6 is 0 Å². The lowest BCUT2D eigenvalue weighted by Gasteiger charge is -2.68. The monoisotopic (exact) mass is 266 g/mol. The van der Waals surface area contributed by atoms with E-state index in [0.717, 1.165) is 0 Å². The zero-order chi connectivity index (χ0) is 13.6. The van der Waals surface area contributed by atoms with Gasteiger partial charge in [0.05, 0.1) is 36.7 Å². The standard InChI is InChI=1S/C13H26N6/c1-14-10-13-17(4)9-7-8(15(10)2)12(19(13)6)18(5)11(9)16(7)3/h7-14H,1-6H3/t7?,8?,9-,10?,11?,12?,13?/m1/s1. The fourth-order valence-electron chi connectivity index (χ4n) is 5.52. The molecule has 108 valence electrons. The Morgan fingerprint density at radius 2 is 1.05 bits per heavy atom. The molecule has 0 spiro atoms. The van der Waals surface area contributed by atoms with E-state index >= 15 is 0 Å². The van der Waals surface area contributed by atoms with Gasteiger partial charge in [0.2, 0.25) is 0 Å². The first-order chi connectivity index (χ1) is 9.00. The Labute approximate surface area is 115 Å². The smallest absolute Gasteiger partial charge is 0.0931 e. The van der Waals surface area contributed by atoms with Crippen molar-refractivity contribution in [2.45, 2.75) is 42.8 Å². The molecule has 0 radical (unpaired) electrons. The third-order valence-electron chi connectivity index (χ3n) is 6.24. The molecule has 0 saturated carbocycles. The summed E-state index contributed by atoms with van der Waals surface area (Å²) in [5.74, 6) is 0. The van der Waals surface area contributed by atoms with Gasteiger partial charge in [0.25, 0.3) is 0 Å². The van der Waals surface area contributed by atoms with Crippen molar-refractivity contribution in [3.05, 3.63) is 0 Å². The highest BCUT2D eigenvalue weighted by atomic mass is 15.7. The van der Waals surface area contributed by atoms with E-state index in [1.807, 2.05) is 0 Å². The second kappa shape index (κ2) is 3.69. The molecule has 19 heavy (non-hydrogen) atoms. The van der Waals surface area contributed by atoms with Crippen LogP contribution in [0.1, 0.15) is 0 Å². The van der Waals surface area contributed by atoms with Crippen LogP contribution in [-0.4, -0.2) is 110 Å². The van der Waals surface area contributed by atoms with E-state index in [-0.39, 0.29) is 0 Å². The van der Waals surface area contributed by atoms with Crippen LogP contribution in [0.4, 0.5) is 0 Å². The Bertz CT molecular complexity index is 403. The van der Waals surface area contributed by atoms with Crippen molar-refractivity contribution in [3.8, 4) is 0 Å². The molecule has 0 aromatic carbocycles. The summed E-state index contributed by atoms with van der Waals surface area (Å²) in [6.45, 7) is 0. The number of nitrogens with one attached hydrogen (secondary N) is 1. The maximum absolute atomic E-state index is 3.53. The van der Waals surface area contributed by atoms with Crippen LogP contribution in [0, 0.1) is 0 Å². The Kier molecular flexibility index (Phi) is 2.43. The van der Waals surface area contributed by atoms with Crippen molar-refractivity contribution >= 4 is 0 Å². The molecular weight excluding hydrogens is 240 g/mol. The van der Waals surface area contributed by atoms with E-state index in [1.165, 1.54) is 0 Å². The van der Waals surface area contributed by atoms with Crippen LogP contribution in [0.15, 0.2) is 0 Å². The van der Waals surface area contributed by atoms with E-state index in [4.69, 9.17) is 0 Å². The van der Waals surface area contributed by atoms with Gasteiger partial charge in [-0.1, -0.05) is 0 Å². The van der Waals surface area contributed by atoms with Gasteiger partial charge < -0.3 is 5.32 Å². The molecule has 0 aromatic heterocycles. The van der Waals surface area contributed by atoms with Crippen LogP contribution in [-0.2, 0) is 0 Å². The molecule has 6 unspecified atom stereocenters. The molecule has 7 atom stereocenters.